The number of anilines is 1. The van der Waals surface area contributed by atoms with Gasteiger partial charge in [-0.25, -0.2) is 4.98 Å². The summed E-state index contributed by atoms with van der Waals surface area (Å²) in [5, 5.41) is 2.86. The van der Waals surface area contributed by atoms with E-state index in [9.17, 15) is 4.79 Å². The number of aryl methyl sites for hydroxylation is 2. The first-order valence-corrected chi connectivity index (χ1v) is 9.28. The summed E-state index contributed by atoms with van der Waals surface area (Å²) in [6, 6.07) is 4.04. The van der Waals surface area contributed by atoms with Crippen LogP contribution in [-0.2, 0) is 13.0 Å². The molecule has 0 aromatic carbocycles. The van der Waals surface area contributed by atoms with E-state index in [-0.39, 0.29) is 12.0 Å². The smallest absolute Gasteiger partial charge is 0.253 e. The van der Waals surface area contributed by atoms with Crippen LogP contribution in [0.4, 0.5) is 5.82 Å². The van der Waals surface area contributed by atoms with E-state index in [0.717, 1.165) is 66.3 Å². The number of nitrogens with zero attached hydrogens (tertiary/aromatic N) is 3. The molecule has 6 heteroatoms. The van der Waals surface area contributed by atoms with E-state index < -0.39 is 0 Å². The summed E-state index contributed by atoms with van der Waals surface area (Å²) in [5.74, 6) is 1.86. The molecule has 0 radical (unpaired) electrons. The maximum atomic E-state index is 11.9. The minimum atomic E-state index is -0.00683. The van der Waals surface area contributed by atoms with Gasteiger partial charge in [-0.15, -0.1) is 0 Å². The molecule has 0 unspecified atom stereocenters. The lowest BCUT2D eigenvalue weighted by atomic mass is 10.0. The van der Waals surface area contributed by atoms with E-state index in [1.54, 1.807) is 6.20 Å². The Balaban J connectivity index is 1.46. The third kappa shape index (κ3) is 3.23. The molecule has 26 heavy (non-hydrogen) atoms. The number of pyridine rings is 2. The Morgan fingerprint density at radius 3 is 2.81 bits per heavy atom. The molecule has 1 amide bonds. The van der Waals surface area contributed by atoms with Crippen molar-refractivity contribution in [1.82, 2.24) is 15.3 Å². The average Bonchev–Trinajstić information content (AvgIpc) is 3.01. The Kier molecular flexibility index (Phi) is 4.49. The zero-order valence-electron chi connectivity index (χ0n) is 15.3. The van der Waals surface area contributed by atoms with Crippen LogP contribution < -0.4 is 15.0 Å². The standard InChI is InChI=1S/C20H24N4O2/c1-3-14-9-17-18(12-22-20(17)25)23-19(14)24-6-4-15(5-7-24)26-16-8-13(2)10-21-11-16/h8-11,15H,3-7,12H2,1-2H3,(H,22,25). The predicted molar refractivity (Wildman–Crippen MR) is 99.6 cm³/mol. The van der Waals surface area contributed by atoms with Gasteiger partial charge in [-0.3, -0.25) is 9.78 Å². The third-order valence-corrected chi connectivity index (χ3v) is 5.09. The van der Waals surface area contributed by atoms with Gasteiger partial charge < -0.3 is 15.0 Å². The number of carbonyl (C=O) groups is 1. The molecule has 2 aliphatic rings. The molecule has 0 spiro atoms. The average molecular weight is 352 g/mol. The fourth-order valence-corrected chi connectivity index (χ4v) is 3.68. The van der Waals surface area contributed by atoms with Gasteiger partial charge in [0.15, 0.2) is 0 Å². The highest BCUT2D eigenvalue weighted by atomic mass is 16.5. The summed E-state index contributed by atoms with van der Waals surface area (Å²) in [6.45, 7) is 6.48. The van der Waals surface area contributed by atoms with Crippen molar-refractivity contribution in [1.29, 1.82) is 0 Å². The molecule has 0 bridgehead atoms. The van der Waals surface area contributed by atoms with E-state index in [1.165, 1.54) is 0 Å². The number of piperidine rings is 1. The maximum absolute atomic E-state index is 11.9. The van der Waals surface area contributed by atoms with Gasteiger partial charge in [-0.2, -0.15) is 0 Å². The minimum Gasteiger partial charge on any atom is -0.489 e. The summed E-state index contributed by atoms with van der Waals surface area (Å²) >= 11 is 0. The number of hydrogen-bond donors (Lipinski definition) is 1. The van der Waals surface area contributed by atoms with Gasteiger partial charge in [0.2, 0.25) is 0 Å². The highest BCUT2D eigenvalue weighted by molar-refractivity contribution is 5.98. The Labute approximate surface area is 153 Å². The Morgan fingerprint density at radius 1 is 1.27 bits per heavy atom. The second-order valence-corrected chi connectivity index (χ2v) is 7.00. The third-order valence-electron chi connectivity index (χ3n) is 5.09. The van der Waals surface area contributed by atoms with E-state index >= 15 is 0 Å². The molecule has 0 atom stereocenters. The van der Waals surface area contributed by atoms with Gasteiger partial charge in [0.1, 0.15) is 17.7 Å². The van der Waals surface area contributed by atoms with Crippen molar-refractivity contribution in [3.05, 3.63) is 46.9 Å². The summed E-state index contributed by atoms with van der Waals surface area (Å²) in [6.07, 6.45) is 6.59. The van der Waals surface area contributed by atoms with Gasteiger partial charge >= 0.3 is 0 Å². The zero-order chi connectivity index (χ0) is 18.1. The van der Waals surface area contributed by atoms with Crippen molar-refractivity contribution in [3.63, 3.8) is 0 Å². The monoisotopic (exact) mass is 352 g/mol. The van der Waals surface area contributed by atoms with Crippen molar-refractivity contribution in [2.45, 2.75) is 45.8 Å². The Bertz CT molecular complexity index is 829. The molecule has 1 saturated heterocycles. The molecule has 4 rings (SSSR count). The van der Waals surface area contributed by atoms with Gasteiger partial charge in [0, 0.05) is 32.1 Å². The molecular formula is C20H24N4O2. The molecular weight excluding hydrogens is 328 g/mol. The highest BCUT2D eigenvalue weighted by Gasteiger charge is 2.27. The van der Waals surface area contributed by atoms with Crippen LogP contribution in [0.25, 0.3) is 0 Å². The van der Waals surface area contributed by atoms with Crippen LogP contribution in [0, 0.1) is 6.92 Å². The second-order valence-electron chi connectivity index (χ2n) is 7.00. The van der Waals surface area contributed by atoms with Crippen LogP contribution in [-0.4, -0.2) is 35.1 Å². The van der Waals surface area contributed by atoms with Crippen molar-refractivity contribution in [2.75, 3.05) is 18.0 Å². The predicted octanol–water partition coefficient (Wildman–Crippen LogP) is 2.64. The number of amides is 1. The van der Waals surface area contributed by atoms with Crippen molar-refractivity contribution >= 4 is 11.7 Å². The number of nitrogens with one attached hydrogen (secondary N) is 1. The summed E-state index contributed by atoms with van der Waals surface area (Å²) in [5.41, 5.74) is 3.85. The molecule has 2 aliphatic heterocycles. The van der Waals surface area contributed by atoms with Gasteiger partial charge in [0.25, 0.3) is 5.91 Å². The largest absolute Gasteiger partial charge is 0.489 e. The lowest BCUT2D eigenvalue weighted by molar-refractivity contribution is 0.0965. The van der Waals surface area contributed by atoms with Gasteiger partial charge in [0.05, 0.1) is 24.0 Å². The molecule has 2 aromatic heterocycles. The van der Waals surface area contributed by atoms with E-state index in [4.69, 9.17) is 9.72 Å². The first-order chi connectivity index (χ1) is 12.6. The number of ether oxygens (including phenoxy) is 1. The molecule has 1 N–H and O–H groups in total. The molecule has 2 aromatic rings. The normalized spacial score (nSPS) is 17.2. The molecule has 6 nitrogen and oxygen atoms in total. The lowest BCUT2D eigenvalue weighted by Gasteiger charge is -2.34. The van der Waals surface area contributed by atoms with E-state index in [0.29, 0.717) is 6.54 Å². The van der Waals surface area contributed by atoms with Crippen LogP contribution in [0.2, 0.25) is 0 Å². The van der Waals surface area contributed by atoms with Gasteiger partial charge in [-0.1, -0.05) is 6.92 Å². The number of rotatable bonds is 4. The molecule has 0 aliphatic carbocycles. The highest BCUT2D eigenvalue weighted by Crippen LogP contribution is 2.28. The zero-order valence-corrected chi connectivity index (χ0v) is 15.3. The topological polar surface area (TPSA) is 67.3 Å². The number of carbonyl (C=O) groups excluding carboxylic acids is 1. The van der Waals surface area contributed by atoms with Crippen molar-refractivity contribution in [2.24, 2.45) is 0 Å². The lowest BCUT2D eigenvalue weighted by Crippen LogP contribution is -2.39. The number of aromatic nitrogens is 2. The molecule has 136 valence electrons. The van der Waals surface area contributed by atoms with Crippen molar-refractivity contribution < 1.29 is 9.53 Å². The van der Waals surface area contributed by atoms with E-state index in [1.807, 2.05) is 25.3 Å². The summed E-state index contributed by atoms with van der Waals surface area (Å²) < 4.78 is 6.10. The molecule has 0 saturated carbocycles. The van der Waals surface area contributed by atoms with Gasteiger partial charge in [-0.05, 0) is 36.6 Å². The first-order valence-electron chi connectivity index (χ1n) is 9.28. The SMILES string of the molecule is CCc1cc2c(nc1N1CCC(Oc3cncc(C)c3)CC1)CNC2=O. The van der Waals surface area contributed by atoms with Crippen molar-refractivity contribution in [3.8, 4) is 5.75 Å². The van der Waals surface area contributed by atoms with Crippen LogP contribution in [0.5, 0.6) is 5.75 Å². The molecule has 1 fully saturated rings. The second kappa shape index (κ2) is 6.94. The Hall–Kier alpha value is -2.63. The van der Waals surface area contributed by atoms with Crippen LogP contribution >= 0.6 is 0 Å². The Morgan fingerprint density at radius 2 is 2.08 bits per heavy atom. The quantitative estimate of drug-likeness (QED) is 0.916. The maximum Gasteiger partial charge on any atom is 0.253 e. The number of fused-ring (bicyclic) bond motifs is 1. The molecule has 4 heterocycles. The fraction of sp³-hybridized carbons (Fsp3) is 0.450. The van der Waals surface area contributed by atoms with Crippen LogP contribution in [0.15, 0.2) is 24.5 Å². The summed E-state index contributed by atoms with van der Waals surface area (Å²) in [4.78, 5) is 23.2. The minimum absolute atomic E-state index is 0.00683. The van der Waals surface area contributed by atoms with E-state index in [2.05, 4.69) is 22.1 Å². The number of hydrogen-bond acceptors (Lipinski definition) is 5. The fourth-order valence-electron chi connectivity index (χ4n) is 3.68. The van der Waals surface area contributed by atoms with Crippen LogP contribution in [0.1, 0.15) is 46.9 Å². The van der Waals surface area contributed by atoms with Crippen LogP contribution in [0.3, 0.4) is 0 Å². The first kappa shape index (κ1) is 16.8. The summed E-state index contributed by atoms with van der Waals surface area (Å²) in [7, 11) is 0.